The number of alkyl halides is 3. The molecule has 5 rings (SSSR count). The number of aldehydes is 1. The predicted octanol–water partition coefficient (Wildman–Crippen LogP) is 2.22. The van der Waals surface area contributed by atoms with Gasteiger partial charge >= 0.3 is 18.1 Å². The molecule has 9 nitrogen and oxygen atoms in total. The molecule has 0 amide bonds. The largest absolute Gasteiger partial charge is 0.493 e. The fourth-order valence-corrected chi connectivity index (χ4v) is 6.08. The van der Waals surface area contributed by atoms with E-state index >= 15 is 0 Å². The Hall–Kier alpha value is -3.12. The van der Waals surface area contributed by atoms with Crippen LogP contribution in [0.2, 0.25) is 0 Å². The van der Waals surface area contributed by atoms with Crippen molar-refractivity contribution in [1.29, 1.82) is 0 Å². The summed E-state index contributed by atoms with van der Waals surface area (Å²) in [7, 11) is 3.63. The number of ether oxygens (including phenoxy) is 4. The average molecular weight is 527 g/mol. The van der Waals surface area contributed by atoms with Crippen molar-refractivity contribution in [1.82, 2.24) is 4.90 Å². The quantitative estimate of drug-likeness (QED) is 0.465. The molecule has 2 heterocycles. The summed E-state index contributed by atoms with van der Waals surface area (Å²) in [5.41, 5.74) is 0.294. The summed E-state index contributed by atoms with van der Waals surface area (Å²) in [6.45, 7) is 3.50. The lowest BCUT2D eigenvalue weighted by Crippen LogP contribution is -2.74. The maximum Gasteiger partial charge on any atom is 0.446 e. The molecule has 37 heavy (non-hydrogen) atoms. The molecule has 1 N–H and O–H groups in total. The van der Waals surface area contributed by atoms with Crippen LogP contribution in [0.5, 0.6) is 11.5 Å². The molecular formula is C25H28F3NO8. The molecule has 1 saturated heterocycles. The van der Waals surface area contributed by atoms with Crippen LogP contribution in [0.3, 0.4) is 0 Å². The molecule has 1 spiro atoms. The Bertz CT molecular complexity index is 1150. The molecule has 1 aromatic carbocycles. The van der Waals surface area contributed by atoms with Gasteiger partial charge in [-0.2, -0.15) is 13.2 Å². The maximum absolute atomic E-state index is 12.6. The smallest absolute Gasteiger partial charge is 0.446 e. The predicted molar refractivity (Wildman–Crippen MR) is 121 cm³/mol. The first-order valence-corrected chi connectivity index (χ1v) is 11.7. The highest BCUT2D eigenvalue weighted by atomic mass is 19.4. The Balaban J connectivity index is 0.000000480. The minimum absolute atomic E-state index is 0.0762. The number of methoxy groups -OCH3 is 1. The van der Waals surface area contributed by atoms with Crippen molar-refractivity contribution in [2.24, 2.45) is 0 Å². The molecule has 1 aromatic rings. The number of rotatable bonds is 4. The first-order valence-electron chi connectivity index (χ1n) is 11.7. The second kappa shape index (κ2) is 9.32. The third-order valence-corrected chi connectivity index (χ3v) is 7.58. The van der Waals surface area contributed by atoms with Crippen LogP contribution in [0, 0.1) is 0 Å². The molecule has 1 fully saturated rings. The highest BCUT2D eigenvalue weighted by molar-refractivity contribution is 5.79. The molecule has 2 bridgehead atoms. The number of hydrogen-bond donors (Lipinski definition) is 1. The number of carbonyl (C=O) groups excluding carboxylic acids is 3. The van der Waals surface area contributed by atoms with Crippen LogP contribution in [-0.2, 0) is 35.7 Å². The van der Waals surface area contributed by atoms with Crippen LogP contribution in [0.25, 0.3) is 0 Å². The van der Waals surface area contributed by atoms with Crippen molar-refractivity contribution in [3.05, 3.63) is 35.1 Å². The van der Waals surface area contributed by atoms with E-state index in [1.165, 1.54) is 13.8 Å². The monoisotopic (exact) mass is 527 g/mol. The van der Waals surface area contributed by atoms with Gasteiger partial charge in [0, 0.05) is 24.9 Å². The maximum atomic E-state index is 12.6. The number of piperidine rings is 1. The van der Waals surface area contributed by atoms with Gasteiger partial charge in [0.05, 0.1) is 18.1 Å². The lowest BCUT2D eigenvalue weighted by Gasteiger charge is -2.61. The fourth-order valence-electron chi connectivity index (χ4n) is 6.08. The second-order valence-corrected chi connectivity index (χ2v) is 9.62. The second-order valence-electron chi connectivity index (χ2n) is 9.62. The number of halogens is 3. The van der Waals surface area contributed by atoms with E-state index in [0.29, 0.717) is 36.5 Å². The SMILES string of the molecule is COc1ccc2c3c1O[C@H]1C(OC(=O)[C@H](C)OC(C)=O)=CC[C@@]4(O)[C@@H](C2)N(C)CC[C@]314.O=CC(F)(F)F. The fraction of sp³-hybridized carbons (Fsp3) is 0.560. The summed E-state index contributed by atoms with van der Waals surface area (Å²) < 4.78 is 53.9. The Morgan fingerprint density at radius 3 is 2.59 bits per heavy atom. The van der Waals surface area contributed by atoms with Gasteiger partial charge in [-0.05, 0) is 51.1 Å². The van der Waals surface area contributed by atoms with Crippen LogP contribution < -0.4 is 9.47 Å². The molecule has 2 aliphatic carbocycles. The summed E-state index contributed by atoms with van der Waals surface area (Å²) in [6, 6.07) is 3.86. The van der Waals surface area contributed by atoms with Gasteiger partial charge in [-0.15, -0.1) is 0 Å². The highest BCUT2D eigenvalue weighted by Gasteiger charge is 2.72. The van der Waals surface area contributed by atoms with Gasteiger partial charge in [0.1, 0.15) is 5.76 Å². The van der Waals surface area contributed by atoms with Crippen molar-refractivity contribution in [3.8, 4) is 11.5 Å². The first kappa shape index (κ1) is 26.9. The summed E-state index contributed by atoms with van der Waals surface area (Å²) >= 11 is 0. The van der Waals surface area contributed by atoms with Crippen molar-refractivity contribution >= 4 is 18.2 Å². The number of likely N-dealkylation sites (tertiary alicyclic amines) is 1. The van der Waals surface area contributed by atoms with Crippen molar-refractivity contribution in [2.45, 2.75) is 68.6 Å². The molecule has 2 aliphatic heterocycles. The molecular weight excluding hydrogens is 499 g/mol. The summed E-state index contributed by atoms with van der Waals surface area (Å²) in [6.07, 6.45) is -3.96. The van der Waals surface area contributed by atoms with Crippen LogP contribution in [0.1, 0.15) is 37.8 Å². The van der Waals surface area contributed by atoms with Gasteiger partial charge in [-0.25, -0.2) is 4.79 Å². The highest BCUT2D eigenvalue weighted by Crippen LogP contribution is 2.65. The Kier molecular flexibility index (Phi) is 6.78. The number of likely N-dealkylation sites (N-methyl/N-ethyl adjacent to an activating group) is 1. The number of benzene rings is 1. The number of hydrogen-bond acceptors (Lipinski definition) is 9. The number of nitrogens with zero attached hydrogens (tertiary/aromatic N) is 1. The zero-order valence-corrected chi connectivity index (χ0v) is 20.8. The minimum Gasteiger partial charge on any atom is -0.493 e. The average Bonchev–Trinajstić information content (AvgIpc) is 3.18. The summed E-state index contributed by atoms with van der Waals surface area (Å²) in [5.74, 6) is 0.335. The molecule has 0 unspecified atom stereocenters. The third kappa shape index (κ3) is 4.25. The first-order chi connectivity index (χ1) is 17.3. The van der Waals surface area contributed by atoms with Gasteiger partial charge in [0.15, 0.2) is 23.7 Å². The zero-order valence-electron chi connectivity index (χ0n) is 20.8. The molecule has 0 radical (unpaired) electrons. The lowest BCUT2D eigenvalue weighted by molar-refractivity contribution is -0.175. The third-order valence-electron chi connectivity index (χ3n) is 7.58. The van der Waals surface area contributed by atoms with Gasteiger partial charge in [-0.3, -0.25) is 9.59 Å². The topological polar surface area (TPSA) is 112 Å². The zero-order chi connectivity index (χ0) is 27.3. The van der Waals surface area contributed by atoms with E-state index in [4.69, 9.17) is 23.7 Å². The Morgan fingerprint density at radius 1 is 1.32 bits per heavy atom. The Morgan fingerprint density at radius 2 is 2.00 bits per heavy atom. The van der Waals surface area contributed by atoms with Gasteiger partial charge in [0.25, 0.3) is 0 Å². The number of carbonyl (C=O) groups is 3. The number of aliphatic hydroxyl groups is 1. The van der Waals surface area contributed by atoms with Crippen molar-refractivity contribution < 1.29 is 51.6 Å². The van der Waals surface area contributed by atoms with E-state index in [-0.39, 0.29) is 6.04 Å². The molecule has 0 saturated carbocycles. The van der Waals surface area contributed by atoms with Gasteiger partial charge < -0.3 is 29.0 Å². The van der Waals surface area contributed by atoms with E-state index in [0.717, 1.165) is 17.7 Å². The van der Waals surface area contributed by atoms with Crippen LogP contribution in [0.4, 0.5) is 13.2 Å². The summed E-state index contributed by atoms with van der Waals surface area (Å²) in [4.78, 5) is 34.8. The van der Waals surface area contributed by atoms with Crippen molar-refractivity contribution in [2.75, 3.05) is 20.7 Å². The standard InChI is InChI=1S/C23H27NO7.C2HF3O/c1-12(29-13(2)25)21(26)30-16-7-8-23(27)17-11-14-5-6-15(28-4)19-18(14)22(23,20(16)31-19)9-10-24(17)3;3-2(4,5)1-6/h5-7,12,17,20,27H,8-11H2,1-4H3;1H/t12-,17+,20-,22-,23+;/m0./s1. The van der Waals surface area contributed by atoms with Crippen LogP contribution >= 0.6 is 0 Å². The van der Waals surface area contributed by atoms with E-state index in [9.17, 15) is 27.9 Å². The minimum atomic E-state index is -4.64. The molecule has 0 aromatic heterocycles. The van der Waals surface area contributed by atoms with Gasteiger partial charge in [-0.1, -0.05) is 6.07 Å². The van der Waals surface area contributed by atoms with Crippen molar-refractivity contribution in [3.63, 3.8) is 0 Å². The van der Waals surface area contributed by atoms with Crippen LogP contribution in [0.15, 0.2) is 24.0 Å². The van der Waals surface area contributed by atoms with E-state index < -0.39 is 47.6 Å². The lowest BCUT2D eigenvalue weighted by atomic mass is 9.50. The van der Waals surface area contributed by atoms with E-state index in [2.05, 4.69) is 4.90 Å². The molecule has 4 aliphatic rings. The summed E-state index contributed by atoms with van der Waals surface area (Å²) in [5, 5.41) is 12.1. The normalized spacial score (nSPS) is 29.9. The Labute approximate surface area is 211 Å². The number of esters is 2. The van der Waals surface area contributed by atoms with E-state index in [1.807, 2.05) is 19.2 Å². The van der Waals surface area contributed by atoms with Gasteiger partial charge in [0.2, 0.25) is 6.29 Å². The van der Waals surface area contributed by atoms with E-state index in [1.54, 1.807) is 13.2 Å². The molecule has 202 valence electrons. The van der Waals surface area contributed by atoms with Crippen LogP contribution in [-0.4, -0.2) is 79.0 Å². The molecule has 12 heteroatoms. The molecule has 5 atom stereocenters.